The Morgan fingerprint density at radius 3 is 2.40 bits per heavy atom. The molecule has 5 fully saturated rings. The average molecular weight is 723 g/mol. The van der Waals surface area contributed by atoms with Gasteiger partial charge in [0.25, 0.3) is 0 Å². The first-order chi connectivity index (χ1) is 24.4. The molecule has 52 heavy (non-hydrogen) atoms. The van der Waals surface area contributed by atoms with Crippen molar-refractivity contribution < 1.29 is 38.0 Å². The van der Waals surface area contributed by atoms with Crippen LogP contribution in [-0.2, 0) is 41.3 Å². The Morgan fingerprint density at radius 2 is 1.75 bits per heavy atom. The molecule has 0 spiro atoms. The molecule has 3 aliphatic heterocycles. The van der Waals surface area contributed by atoms with Gasteiger partial charge in [-0.1, -0.05) is 65.3 Å². The van der Waals surface area contributed by atoms with E-state index < -0.39 is 60.5 Å². The molecule has 3 heterocycles. The molecule has 6 aliphatic rings. The molecule has 0 unspecified atom stereocenters. The van der Waals surface area contributed by atoms with Crippen molar-refractivity contribution in [2.75, 3.05) is 13.1 Å². The number of nitrogens with one attached hydrogen (secondary N) is 2. The first kappa shape index (κ1) is 38.4. The normalized spacial score (nSPS) is 30.1. The molecule has 286 valence electrons. The van der Waals surface area contributed by atoms with Crippen molar-refractivity contribution in [2.24, 2.45) is 23.2 Å². The maximum absolute atomic E-state index is 14.4. The number of ether oxygens (including phenoxy) is 2. The summed E-state index contributed by atoms with van der Waals surface area (Å²) in [7, 11) is -0.618. The Morgan fingerprint density at radius 1 is 1.04 bits per heavy atom. The highest BCUT2D eigenvalue weighted by Crippen LogP contribution is 2.65. The summed E-state index contributed by atoms with van der Waals surface area (Å²) in [4.78, 5) is 58.2. The van der Waals surface area contributed by atoms with Crippen LogP contribution in [0.15, 0.2) is 24.3 Å². The third-order valence-electron chi connectivity index (χ3n) is 12.3. The van der Waals surface area contributed by atoms with Crippen LogP contribution in [0.3, 0.4) is 0 Å². The van der Waals surface area contributed by atoms with Crippen molar-refractivity contribution in [3.05, 3.63) is 35.4 Å². The number of hydrogen-bond acceptors (Lipinski definition) is 8. The van der Waals surface area contributed by atoms with Crippen LogP contribution in [0, 0.1) is 23.2 Å². The minimum absolute atomic E-state index is 0.0134. The van der Waals surface area contributed by atoms with E-state index in [2.05, 4.69) is 44.4 Å². The van der Waals surface area contributed by atoms with Gasteiger partial charge >= 0.3 is 19.3 Å². The molecule has 7 rings (SSSR count). The van der Waals surface area contributed by atoms with Crippen molar-refractivity contribution in [1.82, 2.24) is 20.4 Å². The first-order valence-corrected chi connectivity index (χ1v) is 19.4. The van der Waals surface area contributed by atoms with Gasteiger partial charge in [-0.15, -0.1) is 0 Å². The first-order valence-electron chi connectivity index (χ1n) is 19.4. The zero-order valence-corrected chi connectivity index (χ0v) is 32.5. The summed E-state index contributed by atoms with van der Waals surface area (Å²) >= 11 is 0. The smallest absolute Gasteiger partial charge is 0.444 e. The lowest BCUT2D eigenvalue weighted by molar-refractivity contribution is -0.199. The van der Waals surface area contributed by atoms with E-state index in [0.717, 1.165) is 31.2 Å². The number of rotatable bonds is 9. The van der Waals surface area contributed by atoms with Gasteiger partial charge in [0.15, 0.2) is 0 Å². The second-order valence-corrected chi connectivity index (χ2v) is 17.8. The Hall–Kier alpha value is -3.32. The molecule has 0 aromatic heterocycles. The number of hydrogen-bond donors (Lipinski definition) is 2. The van der Waals surface area contributed by atoms with Gasteiger partial charge in [0.2, 0.25) is 11.8 Å². The van der Waals surface area contributed by atoms with Crippen molar-refractivity contribution in [1.29, 1.82) is 0 Å². The van der Waals surface area contributed by atoms with E-state index in [0.29, 0.717) is 31.3 Å². The fourth-order valence-electron chi connectivity index (χ4n) is 9.31. The maximum Gasteiger partial charge on any atom is 0.481 e. The largest absolute Gasteiger partial charge is 0.481 e. The maximum atomic E-state index is 14.4. The number of carbonyl (C=O) groups excluding carboxylic acids is 4. The van der Waals surface area contributed by atoms with Gasteiger partial charge in [0.1, 0.15) is 23.8 Å². The highest BCUT2D eigenvalue weighted by Gasteiger charge is 2.68. The summed E-state index contributed by atoms with van der Waals surface area (Å²) in [6, 6.07) is 6.13. The topological polar surface area (TPSA) is 136 Å². The second-order valence-electron chi connectivity index (χ2n) is 17.8. The van der Waals surface area contributed by atoms with Crippen LogP contribution in [0.4, 0.5) is 9.59 Å². The molecule has 3 aliphatic carbocycles. The Labute approximate surface area is 309 Å². The predicted molar refractivity (Wildman–Crippen MR) is 196 cm³/mol. The van der Waals surface area contributed by atoms with Gasteiger partial charge in [0, 0.05) is 19.5 Å². The lowest BCUT2D eigenvalue weighted by atomic mass is 9.43. The summed E-state index contributed by atoms with van der Waals surface area (Å²) in [5.41, 5.74) is 1.28. The van der Waals surface area contributed by atoms with Crippen molar-refractivity contribution >= 4 is 31.1 Å². The molecule has 1 aromatic carbocycles. The Kier molecular flexibility index (Phi) is 10.7. The number of alkyl carbamates (subject to hydrolysis) is 1. The summed E-state index contributed by atoms with van der Waals surface area (Å²) in [6.07, 6.45) is 2.36. The van der Waals surface area contributed by atoms with E-state index in [1.807, 2.05) is 32.0 Å². The van der Waals surface area contributed by atoms with Crippen molar-refractivity contribution in [3.63, 3.8) is 0 Å². The third kappa shape index (κ3) is 7.54. The van der Waals surface area contributed by atoms with Crippen molar-refractivity contribution in [3.8, 4) is 0 Å². The molecular formula is C39H59BN4O8. The quantitative estimate of drug-likeness (QED) is 0.330. The average Bonchev–Trinajstić information content (AvgIpc) is 3.66. The van der Waals surface area contributed by atoms with Gasteiger partial charge < -0.3 is 39.2 Å². The van der Waals surface area contributed by atoms with Crippen LogP contribution < -0.4 is 10.6 Å². The third-order valence-corrected chi connectivity index (χ3v) is 12.3. The molecule has 8 atom stereocenters. The zero-order chi connectivity index (χ0) is 37.7. The highest BCUT2D eigenvalue weighted by molar-refractivity contribution is 6.48. The highest BCUT2D eigenvalue weighted by atomic mass is 16.7. The SMILES string of the molecule is CCC[C@H](NC(=O)[C@@H]1C[C@@H](OC(=O)N2CCc3ccccc3C2)CN1C(=O)[C@@H](NC(=O)OC(C)(C)C)C(C)C)B1O[C@@H]2C[C@H]3C[C@H](C3(C)C)[C@]2(C)O1. The van der Waals surface area contributed by atoms with Crippen LogP contribution in [0.1, 0.15) is 106 Å². The van der Waals surface area contributed by atoms with Crippen molar-refractivity contribution in [2.45, 2.75) is 149 Å². The zero-order valence-electron chi connectivity index (χ0n) is 32.5. The van der Waals surface area contributed by atoms with E-state index in [1.54, 1.807) is 25.7 Å². The molecule has 2 saturated heterocycles. The molecule has 4 amide bonds. The number of amides is 4. The molecule has 3 saturated carbocycles. The van der Waals surface area contributed by atoms with E-state index >= 15 is 0 Å². The van der Waals surface area contributed by atoms with Gasteiger partial charge in [-0.3, -0.25) is 9.59 Å². The fourth-order valence-corrected chi connectivity index (χ4v) is 9.31. The van der Waals surface area contributed by atoms with E-state index in [9.17, 15) is 19.2 Å². The lowest BCUT2D eigenvalue weighted by Crippen LogP contribution is -2.65. The van der Waals surface area contributed by atoms with Gasteiger partial charge in [-0.25, -0.2) is 9.59 Å². The molecule has 1 aromatic rings. The number of fused-ring (bicyclic) bond motifs is 1. The molecule has 2 N–H and O–H groups in total. The van der Waals surface area contributed by atoms with Gasteiger partial charge in [0.05, 0.1) is 24.2 Å². The Bertz CT molecular complexity index is 1530. The molecule has 12 nitrogen and oxygen atoms in total. The summed E-state index contributed by atoms with van der Waals surface area (Å²) in [6.45, 7) is 18.7. The van der Waals surface area contributed by atoms with Crippen LogP contribution in [0.2, 0.25) is 0 Å². The number of likely N-dealkylation sites (tertiary alicyclic amines) is 1. The van der Waals surface area contributed by atoms with Crippen LogP contribution in [-0.4, -0.2) is 95.4 Å². The van der Waals surface area contributed by atoms with E-state index in [1.165, 1.54) is 10.5 Å². The van der Waals surface area contributed by atoms with Gasteiger partial charge in [-0.2, -0.15) is 0 Å². The molecule has 0 radical (unpaired) electrons. The standard InChI is InChI=1S/C39H59BN4O8/c1-10-13-31(40-51-30-19-26-18-29(38(26,7)8)39(30,9)52-40)41-33(45)28-20-27(49-36(48)43-17-16-24-14-11-12-15-25(24)21-43)22-44(28)34(46)32(23(2)3)42-35(47)50-37(4,5)6/h11-12,14-15,23,26-32H,10,13,16-22H2,1-9H3,(H,41,45)(H,42,47)/t26-,27-,28+,29-,30-,31+,32+,39+/m1/s1. The molecular weight excluding hydrogens is 663 g/mol. The lowest BCUT2D eigenvalue weighted by Gasteiger charge is -2.64. The minimum Gasteiger partial charge on any atom is -0.444 e. The molecule has 2 bridgehead atoms. The number of carbonyl (C=O) groups is 4. The summed E-state index contributed by atoms with van der Waals surface area (Å²) < 4.78 is 24.8. The predicted octanol–water partition coefficient (Wildman–Crippen LogP) is 5.25. The minimum atomic E-state index is -0.968. The van der Waals surface area contributed by atoms with E-state index in [4.69, 9.17) is 18.8 Å². The Balaban J connectivity index is 1.19. The molecule has 13 heteroatoms. The fraction of sp³-hybridized carbons (Fsp3) is 0.744. The van der Waals surface area contributed by atoms with E-state index in [-0.39, 0.29) is 36.3 Å². The van der Waals surface area contributed by atoms with Crippen LogP contribution in [0.25, 0.3) is 0 Å². The number of benzene rings is 1. The number of nitrogens with zero attached hydrogens (tertiary/aromatic N) is 2. The second kappa shape index (κ2) is 14.5. The monoisotopic (exact) mass is 722 g/mol. The van der Waals surface area contributed by atoms with Gasteiger partial charge in [-0.05, 0) is 87.7 Å². The summed E-state index contributed by atoms with van der Waals surface area (Å²) in [5, 5.41) is 5.94. The summed E-state index contributed by atoms with van der Waals surface area (Å²) in [5.74, 6) is -0.581. The van der Waals surface area contributed by atoms with Crippen LogP contribution >= 0.6 is 0 Å². The van der Waals surface area contributed by atoms with Crippen LogP contribution in [0.5, 0.6) is 0 Å².